The molecule has 0 bridgehead atoms. The molecule has 4 N–H and O–H groups in total. The summed E-state index contributed by atoms with van der Waals surface area (Å²) in [5.41, 5.74) is 1.71. The molecule has 2 aromatic carbocycles. The van der Waals surface area contributed by atoms with E-state index in [0.717, 1.165) is 11.1 Å². The third kappa shape index (κ3) is 8.23. The predicted octanol–water partition coefficient (Wildman–Crippen LogP) is 3.00. The highest BCUT2D eigenvalue weighted by molar-refractivity contribution is 5.85. The average Bonchev–Trinajstić information content (AvgIpc) is 2.62. The van der Waals surface area contributed by atoms with E-state index in [1.807, 2.05) is 18.2 Å². The number of aliphatic hydroxyl groups excluding tert-OH is 1. The zero-order valence-corrected chi connectivity index (χ0v) is 16.9. The van der Waals surface area contributed by atoms with Gasteiger partial charge in [0.15, 0.2) is 0 Å². The van der Waals surface area contributed by atoms with Gasteiger partial charge in [-0.25, -0.2) is 4.79 Å². The molecule has 0 saturated heterocycles. The molecule has 29 heavy (non-hydrogen) atoms. The van der Waals surface area contributed by atoms with E-state index in [0.29, 0.717) is 18.7 Å². The first kappa shape index (κ1) is 22.2. The van der Waals surface area contributed by atoms with E-state index in [4.69, 9.17) is 4.74 Å². The summed E-state index contributed by atoms with van der Waals surface area (Å²) in [4.78, 5) is 23.9. The fraction of sp³-hybridized carbons (Fsp3) is 0.364. The van der Waals surface area contributed by atoms with Crippen LogP contribution in [0.15, 0.2) is 48.5 Å². The van der Waals surface area contributed by atoms with Gasteiger partial charge in [-0.3, -0.25) is 10.1 Å². The highest BCUT2D eigenvalue weighted by Gasteiger charge is 2.17. The molecule has 2 rings (SSSR count). The molecular formula is C22H28N2O5. The number of benzene rings is 2. The molecule has 156 valence electrons. The number of hydrogen-bond acceptors (Lipinski definition) is 5. The van der Waals surface area contributed by atoms with E-state index < -0.39 is 23.7 Å². The molecule has 0 spiro atoms. The van der Waals surface area contributed by atoms with Gasteiger partial charge in [0.2, 0.25) is 5.91 Å². The van der Waals surface area contributed by atoms with Crippen LogP contribution in [0.4, 0.5) is 10.5 Å². The molecule has 0 aliphatic carbocycles. The number of aromatic hydroxyl groups is 1. The zero-order valence-electron chi connectivity index (χ0n) is 16.9. The van der Waals surface area contributed by atoms with E-state index in [9.17, 15) is 19.8 Å². The maximum Gasteiger partial charge on any atom is 0.412 e. The minimum atomic E-state index is -1.17. The van der Waals surface area contributed by atoms with Crippen LogP contribution >= 0.6 is 0 Å². The SMILES string of the molecule is CC(C)(C)OC(=O)Nc1cccc(CCNC(=O)C(O)Cc2ccc(O)cc2)c1. The molecule has 0 heterocycles. The lowest BCUT2D eigenvalue weighted by Crippen LogP contribution is -2.37. The minimum absolute atomic E-state index is 0.135. The van der Waals surface area contributed by atoms with Crippen LogP contribution in [-0.4, -0.2) is 40.5 Å². The van der Waals surface area contributed by atoms with Crippen LogP contribution in [0.2, 0.25) is 0 Å². The normalized spacial score (nSPS) is 12.1. The fourth-order valence-corrected chi connectivity index (χ4v) is 2.62. The molecule has 0 fully saturated rings. The van der Waals surface area contributed by atoms with Crippen LogP contribution in [0.5, 0.6) is 5.75 Å². The van der Waals surface area contributed by atoms with Crippen LogP contribution < -0.4 is 10.6 Å². The van der Waals surface area contributed by atoms with Crippen molar-refractivity contribution < 1.29 is 24.5 Å². The number of phenolic OH excluding ortho intramolecular Hbond substituents is 1. The molecule has 7 nitrogen and oxygen atoms in total. The maximum atomic E-state index is 12.1. The lowest BCUT2D eigenvalue weighted by molar-refractivity contribution is -0.129. The van der Waals surface area contributed by atoms with E-state index in [-0.39, 0.29) is 12.2 Å². The molecule has 0 saturated carbocycles. The Kier molecular flexibility index (Phi) is 7.61. The van der Waals surface area contributed by atoms with Gasteiger partial charge in [0.25, 0.3) is 0 Å². The molecule has 7 heteroatoms. The number of nitrogens with one attached hydrogen (secondary N) is 2. The fourth-order valence-electron chi connectivity index (χ4n) is 2.62. The summed E-state index contributed by atoms with van der Waals surface area (Å²) in [6.45, 7) is 5.73. The van der Waals surface area contributed by atoms with Gasteiger partial charge in [-0.15, -0.1) is 0 Å². The standard InChI is InChI=1S/C22H28N2O5/c1-22(2,3)29-21(28)24-17-6-4-5-15(13-17)11-12-23-20(27)19(26)14-16-7-9-18(25)10-8-16/h4-10,13,19,25-26H,11-12,14H2,1-3H3,(H,23,27)(H,24,28). The summed E-state index contributed by atoms with van der Waals surface area (Å²) in [5.74, 6) is -0.322. The first-order valence-electron chi connectivity index (χ1n) is 9.45. The van der Waals surface area contributed by atoms with Gasteiger partial charge in [0.05, 0.1) is 0 Å². The number of aliphatic hydroxyl groups is 1. The van der Waals surface area contributed by atoms with Crippen molar-refractivity contribution in [2.75, 3.05) is 11.9 Å². The molecule has 2 aromatic rings. The van der Waals surface area contributed by atoms with Crippen molar-refractivity contribution in [1.29, 1.82) is 0 Å². The van der Waals surface area contributed by atoms with Crippen LogP contribution in [0.25, 0.3) is 0 Å². The van der Waals surface area contributed by atoms with Crippen molar-refractivity contribution in [3.63, 3.8) is 0 Å². The Hall–Kier alpha value is -3.06. The number of rotatable bonds is 7. The number of hydrogen-bond donors (Lipinski definition) is 4. The third-order valence-electron chi connectivity index (χ3n) is 3.95. The molecular weight excluding hydrogens is 372 g/mol. The Balaban J connectivity index is 1.80. The van der Waals surface area contributed by atoms with E-state index in [2.05, 4.69) is 10.6 Å². The number of amides is 2. The van der Waals surface area contributed by atoms with Crippen molar-refractivity contribution in [3.8, 4) is 5.75 Å². The number of anilines is 1. The summed E-state index contributed by atoms with van der Waals surface area (Å²) in [6, 6.07) is 13.6. The van der Waals surface area contributed by atoms with Gasteiger partial charge >= 0.3 is 6.09 Å². The van der Waals surface area contributed by atoms with Gasteiger partial charge < -0.3 is 20.3 Å². The van der Waals surface area contributed by atoms with Gasteiger partial charge in [0.1, 0.15) is 17.5 Å². The van der Waals surface area contributed by atoms with Gasteiger partial charge in [-0.05, 0) is 62.6 Å². The minimum Gasteiger partial charge on any atom is -0.508 e. The molecule has 1 atom stereocenters. The molecule has 1 unspecified atom stereocenters. The lowest BCUT2D eigenvalue weighted by Gasteiger charge is -2.19. The quantitative estimate of drug-likeness (QED) is 0.571. The summed E-state index contributed by atoms with van der Waals surface area (Å²) in [5, 5.41) is 24.7. The average molecular weight is 400 g/mol. The Bertz CT molecular complexity index is 828. The Morgan fingerprint density at radius 1 is 1.07 bits per heavy atom. The first-order chi connectivity index (χ1) is 13.6. The Morgan fingerprint density at radius 2 is 1.76 bits per heavy atom. The van der Waals surface area contributed by atoms with Crippen molar-refractivity contribution in [3.05, 3.63) is 59.7 Å². The topological polar surface area (TPSA) is 108 Å². The van der Waals surface area contributed by atoms with Gasteiger partial charge in [-0.1, -0.05) is 24.3 Å². The van der Waals surface area contributed by atoms with Crippen LogP contribution in [0.3, 0.4) is 0 Å². The van der Waals surface area contributed by atoms with E-state index in [1.165, 1.54) is 12.1 Å². The third-order valence-corrected chi connectivity index (χ3v) is 3.95. The maximum absolute atomic E-state index is 12.1. The molecule has 0 aromatic heterocycles. The highest BCUT2D eigenvalue weighted by Crippen LogP contribution is 2.14. The number of phenols is 1. The van der Waals surface area contributed by atoms with Crippen molar-refractivity contribution in [1.82, 2.24) is 5.32 Å². The summed E-state index contributed by atoms with van der Waals surface area (Å²) < 4.78 is 5.23. The second kappa shape index (κ2) is 9.93. The van der Waals surface area contributed by atoms with Crippen LogP contribution in [0.1, 0.15) is 31.9 Å². The van der Waals surface area contributed by atoms with Crippen LogP contribution in [-0.2, 0) is 22.4 Å². The largest absolute Gasteiger partial charge is 0.508 e. The second-order valence-electron chi connectivity index (χ2n) is 7.75. The molecule has 0 aliphatic heterocycles. The number of carbonyl (C=O) groups is 2. The van der Waals surface area contributed by atoms with Crippen LogP contribution in [0, 0.1) is 0 Å². The van der Waals surface area contributed by atoms with Gasteiger partial charge in [0, 0.05) is 18.7 Å². The summed E-state index contributed by atoms with van der Waals surface area (Å²) in [7, 11) is 0. The lowest BCUT2D eigenvalue weighted by atomic mass is 10.1. The second-order valence-corrected chi connectivity index (χ2v) is 7.75. The predicted molar refractivity (Wildman–Crippen MR) is 111 cm³/mol. The smallest absolute Gasteiger partial charge is 0.412 e. The van der Waals surface area contributed by atoms with Crippen molar-refractivity contribution >= 4 is 17.7 Å². The Labute approximate surface area is 170 Å². The first-order valence-corrected chi connectivity index (χ1v) is 9.45. The molecule has 0 radical (unpaired) electrons. The number of ether oxygens (including phenoxy) is 1. The number of carbonyl (C=O) groups excluding carboxylic acids is 2. The van der Waals surface area contributed by atoms with Crippen molar-refractivity contribution in [2.24, 2.45) is 0 Å². The van der Waals surface area contributed by atoms with Gasteiger partial charge in [-0.2, -0.15) is 0 Å². The monoisotopic (exact) mass is 400 g/mol. The molecule has 2 amide bonds. The summed E-state index contributed by atoms with van der Waals surface area (Å²) in [6.07, 6.45) is -0.983. The molecule has 0 aliphatic rings. The van der Waals surface area contributed by atoms with E-state index in [1.54, 1.807) is 39.0 Å². The van der Waals surface area contributed by atoms with Crippen molar-refractivity contribution in [2.45, 2.75) is 45.3 Å². The van der Waals surface area contributed by atoms with E-state index >= 15 is 0 Å². The Morgan fingerprint density at radius 3 is 2.41 bits per heavy atom. The zero-order chi connectivity index (χ0) is 21.4. The summed E-state index contributed by atoms with van der Waals surface area (Å²) >= 11 is 0. The highest BCUT2D eigenvalue weighted by atomic mass is 16.6.